The molecule has 1 fully saturated rings. The molecule has 0 atom stereocenters. The van der Waals surface area contributed by atoms with Gasteiger partial charge in [-0.2, -0.15) is 0 Å². The molecular weight excluding hydrogens is 314 g/mol. The summed E-state index contributed by atoms with van der Waals surface area (Å²) in [6.45, 7) is 2.89. The van der Waals surface area contributed by atoms with E-state index >= 15 is 0 Å². The first kappa shape index (κ1) is 15.8. The van der Waals surface area contributed by atoms with E-state index in [1.165, 1.54) is 0 Å². The quantitative estimate of drug-likeness (QED) is 0.862. The Hall–Kier alpha value is -2.04. The minimum absolute atomic E-state index is 0.0333. The van der Waals surface area contributed by atoms with Gasteiger partial charge in [0.25, 0.3) is 5.91 Å². The number of hydrogen-bond donors (Lipinski definition) is 0. The Bertz CT molecular complexity index is 666. The summed E-state index contributed by atoms with van der Waals surface area (Å²) in [5, 5.41) is 0.687. The predicted octanol–water partition coefficient (Wildman–Crippen LogP) is 3.39. The predicted molar refractivity (Wildman–Crippen MR) is 88.9 cm³/mol. The highest BCUT2D eigenvalue weighted by Crippen LogP contribution is 2.19. The second-order valence-corrected chi connectivity index (χ2v) is 5.72. The average molecular weight is 332 g/mol. The van der Waals surface area contributed by atoms with E-state index in [0.717, 1.165) is 5.56 Å². The van der Waals surface area contributed by atoms with Crippen LogP contribution in [-0.4, -0.2) is 37.1 Å². The van der Waals surface area contributed by atoms with Crippen LogP contribution in [-0.2, 0) is 11.3 Å². The third-order valence-electron chi connectivity index (χ3n) is 3.75. The van der Waals surface area contributed by atoms with Crippen LogP contribution in [0.5, 0.6) is 5.75 Å². The number of ether oxygens (including phenoxy) is 2. The Labute approximate surface area is 140 Å². The van der Waals surface area contributed by atoms with Gasteiger partial charge in [-0.15, -0.1) is 0 Å². The maximum atomic E-state index is 12.3. The van der Waals surface area contributed by atoms with E-state index in [-0.39, 0.29) is 5.91 Å². The van der Waals surface area contributed by atoms with Gasteiger partial charge in [0.05, 0.1) is 13.2 Å². The molecule has 0 unspecified atom stereocenters. The fraction of sp³-hybridized carbons (Fsp3) is 0.278. The van der Waals surface area contributed by atoms with Gasteiger partial charge in [0.1, 0.15) is 12.4 Å². The minimum Gasteiger partial charge on any atom is -0.489 e. The van der Waals surface area contributed by atoms with Gasteiger partial charge in [0.15, 0.2) is 0 Å². The van der Waals surface area contributed by atoms with Crippen molar-refractivity contribution < 1.29 is 14.3 Å². The summed E-state index contributed by atoms with van der Waals surface area (Å²) < 4.78 is 11.0. The molecule has 0 N–H and O–H groups in total. The van der Waals surface area contributed by atoms with Crippen molar-refractivity contribution in [3.8, 4) is 5.75 Å². The molecule has 0 aromatic heterocycles. The molecule has 0 radical (unpaired) electrons. The molecule has 0 bridgehead atoms. The molecule has 1 aliphatic rings. The zero-order valence-corrected chi connectivity index (χ0v) is 13.5. The average Bonchev–Trinajstić information content (AvgIpc) is 2.62. The molecule has 1 saturated heterocycles. The molecule has 1 aliphatic heterocycles. The van der Waals surface area contributed by atoms with Gasteiger partial charge in [-0.1, -0.05) is 29.8 Å². The second-order valence-electron chi connectivity index (χ2n) is 5.31. The van der Waals surface area contributed by atoms with Gasteiger partial charge in [-0.3, -0.25) is 4.79 Å². The molecule has 3 rings (SSSR count). The lowest BCUT2D eigenvalue weighted by Crippen LogP contribution is -2.40. The van der Waals surface area contributed by atoms with E-state index in [1.54, 1.807) is 12.1 Å². The molecule has 4 nitrogen and oxygen atoms in total. The van der Waals surface area contributed by atoms with Gasteiger partial charge in [-0.05, 0) is 30.3 Å². The molecule has 23 heavy (non-hydrogen) atoms. The van der Waals surface area contributed by atoms with Crippen molar-refractivity contribution in [2.75, 3.05) is 26.3 Å². The minimum atomic E-state index is 0.0333. The summed E-state index contributed by atoms with van der Waals surface area (Å²) in [5.74, 6) is 0.745. The van der Waals surface area contributed by atoms with E-state index in [2.05, 4.69) is 0 Å². The topological polar surface area (TPSA) is 38.8 Å². The number of morpholine rings is 1. The molecule has 120 valence electrons. The largest absolute Gasteiger partial charge is 0.489 e. The van der Waals surface area contributed by atoms with E-state index in [9.17, 15) is 4.79 Å². The Morgan fingerprint density at radius 2 is 1.78 bits per heavy atom. The first-order valence-corrected chi connectivity index (χ1v) is 7.95. The molecule has 1 heterocycles. The highest BCUT2D eigenvalue weighted by atomic mass is 35.5. The Balaban J connectivity index is 1.60. The Morgan fingerprint density at radius 1 is 1.09 bits per heavy atom. The smallest absolute Gasteiger partial charge is 0.254 e. The maximum absolute atomic E-state index is 12.3. The highest BCUT2D eigenvalue weighted by molar-refractivity contribution is 6.31. The summed E-state index contributed by atoms with van der Waals surface area (Å²) >= 11 is 6.10. The van der Waals surface area contributed by atoms with Gasteiger partial charge >= 0.3 is 0 Å². The monoisotopic (exact) mass is 331 g/mol. The van der Waals surface area contributed by atoms with Crippen LogP contribution in [0.25, 0.3) is 0 Å². The van der Waals surface area contributed by atoms with Gasteiger partial charge in [-0.25, -0.2) is 0 Å². The number of carbonyl (C=O) groups excluding carboxylic acids is 1. The summed E-state index contributed by atoms with van der Waals surface area (Å²) in [6.07, 6.45) is 0. The molecule has 0 saturated carbocycles. The van der Waals surface area contributed by atoms with Crippen molar-refractivity contribution in [2.24, 2.45) is 0 Å². The zero-order valence-electron chi connectivity index (χ0n) is 12.7. The highest BCUT2D eigenvalue weighted by Gasteiger charge is 2.18. The third-order valence-corrected chi connectivity index (χ3v) is 4.12. The lowest BCUT2D eigenvalue weighted by Gasteiger charge is -2.26. The third kappa shape index (κ3) is 4.03. The van der Waals surface area contributed by atoms with Gasteiger partial charge in [0.2, 0.25) is 0 Å². The molecule has 2 aromatic rings. The fourth-order valence-electron chi connectivity index (χ4n) is 2.42. The van der Waals surface area contributed by atoms with E-state index in [1.807, 2.05) is 41.3 Å². The van der Waals surface area contributed by atoms with Crippen LogP contribution in [0, 0.1) is 0 Å². The van der Waals surface area contributed by atoms with Crippen molar-refractivity contribution in [3.05, 3.63) is 64.7 Å². The van der Waals surface area contributed by atoms with Crippen LogP contribution in [0.1, 0.15) is 15.9 Å². The van der Waals surface area contributed by atoms with Crippen molar-refractivity contribution in [3.63, 3.8) is 0 Å². The molecule has 1 amide bonds. The summed E-state index contributed by atoms with van der Waals surface area (Å²) in [5.41, 5.74) is 1.60. The summed E-state index contributed by atoms with van der Waals surface area (Å²) in [4.78, 5) is 14.2. The fourth-order valence-corrected chi connectivity index (χ4v) is 2.61. The number of nitrogens with zero attached hydrogens (tertiary/aromatic N) is 1. The number of carbonyl (C=O) groups is 1. The second kappa shape index (κ2) is 7.49. The molecule has 5 heteroatoms. The lowest BCUT2D eigenvalue weighted by atomic mass is 10.2. The maximum Gasteiger partial charge on any atom is 0.254 e. The van der Waals surface area contributed by atoms with E-state index in [4.69, 9.17) is 21.1 Å². The lowest BCUT2D eigenvalue weighted by molar-refractivity contribution is 0.0303. The normalized spacial score (nSPS) is 14.6. The molecule has 0 aliphatic carbocycles. The molecule has 0 spiro atoms. The van der Waals surface area contributed by atoms with Crippen LogP contribution >= 0.6 is 11.6 Å². The number of amides is 1. The first-order valence-electron chi connectivity index (χ1n) is 7.57. The van der Waals surface area contributed by atoms with Gasteiger partial charge in [0, 0.05) is 29.2 Å². The summed E-state index contributed by atoms with van der Waals surface area (Å²) in [7, 11) is 0. The number of hydrogen-bond acceptors (Lipinski definition) is 3. The van der Waals surface area contributed by atoms with Crippen molar-refractivity contribution in [1.29, 1.82) is 0 Å². The number of rotatable bonds is 4. The first-order chi connectivity index (χ1) is 11.2. The number of halogens is 1. The van der Waals surface area contributed by atoms with Crippen LogP contribution in [0.3, 0.4) is 0 Å². The van der Waals surface area contributed by atoms with Crippen LogP contribution in [0.2, 0.25) is 5.02 Å². The Kier molecular flexibility index (Phi) is 5.16. The standard InChI is InChI=1S/C18H18ClNO3/c19-17-4-2-1-3-15(17)13-23-16-7-5-14(6-8-16)18(21)20-9-11-22-12-10-20/h1-8H,9-13H2. The van der Waals surface area contributed by atoms with Crippen molar-refractivity contribution >= 4 is 17.5 Å². The van der Waals surface area contributed by atoms with Crippen LogP contribution in [0.4, 0.5) is 0 Å². The summed E-state index contributed by atoms with van der Waals surface area (Å²) in [6, 6.07) is 14.8. The van der Waals surface area contributed by atoms with E-state index in [0.29, 0.717) is 49.2 Å². The SMILES string of the molecule is O=C(c1ccc(OCc2ccccc2Cl)cc1)N1CCOCC1. The number of benzene rings is 2. The Morgan fingerprint density at radius 3 is 2.48 bits per heavy atom. The molecule has 2 aromatic carbocycles. The van der Waals surface area contributed by atoms with Gasteiger partial charge < -0.3 is 14.4 Å². The van der Waals surface area contributed by atoms with Crippen LogP contribution in [0.15, 0.2) is 48.5 Å². The van der Waals surface area contributed by atoms with Crippen LogP contribution < -0.4 is 4.74 Å². The molecular formula is C18H18ClNO3. The van der Waals surface area contributed by atoms with E-state index < -0.39 is 0 Å². The van der Waals surface area contributed by atoms with Crippen molar-refractivity contribution in [1.82, 2.24) is 4.90 Å². The zero-order chi connectivity index (χ0) is 16.1. The van der Waals surface area contributed by atoms with Crippen molar-refractivity contribution in [2.45, 2.75) is 6.61 Å².